The summed E-state index contributed by atoms with van der Waals surface area (Å²) in [6.07, 6.45) is 7.63. The summed E-state index contributed by atoms with van der Waals surface area (Å²) in [7, 11) is 0. The first-order valence-electron chi connectivity index (χ1n) is 11.6. The molecule has 0 atom stereocenters. The van der Waals surface area contributed by atoms with Crippen LogP contribution in [0.25, 0.3) is 22.5 Å². The second-order valence-electron chi connectivity index (χ2n) is 8.15. The summed E-state index contributed by atoms with van der Waals surface area (Å²) in [5.74, 6) is 2.71. The van der Waals surface area contributed by atoms with Gasteiger partial charge in [-0.1, -0.05) is 81.6 Å². The van der Waals surface area contributed by atoms with Crippen molar-refractivity contribution in [3.63, 3.8) is 0 Å². The van der Waals surface area contributed by atoms with Crippen LogP contribution in [0.4, 0.5) is 0 Å². The van der Waals surface area contributed by atoms with Crippen molar-refractivity contribution in [2.24, 2.45) is 0 Å². The number of hydrogen-bond acceptors (Lipinski definition) is 5. The fraction of sp³-hybridized carbons (Fsp3) is 0.400. The van der Waals surface area contributed by atoms with E-state index >= 15 is 0 Å². The number of H-pyrrole nitrogens is 1. The number of tetrazole rings is 1. The van der Waals surface area contributed by atoms with E-state index in [-0.39, 0.29) is 0 Å². The minimum atomic E-state index is 0.671. The van der Waals surface area contributed by atoms with Gasteiger partial charge < -0.3 is 0 Å². The van der Waals surface area contributed by atoms with Crippen LogP contribution < -0.4 is 0 Å². The molecule has 0 aliphatic heterocycles. The van der Waals surface area contributed by atoms with Gasteiger partial charge in [-0.15, -0.1) is 5.10 Å². The zero-order chi connectivity index (χ0) is 22.2. The molecule has 2 heterocycles. The summed E-state index contributed by atoms with van der Waals surface area (Å²) in [5, 5.41) is 19.2. The standard InChI is InChI=1S/C25H31N7/c1-3-5-7-12-23-26-24(32(29-23)17-6-4-2)18-19-13-15-20(16-14-19)21-10-8-9-11-22(21)25-27-30-31-28-25/h8-11,13-16H,3-7,12,17-18H2,1-2H3,(H,27,28,30,31). The highest BCUT2D eigenvalue weighted by molar-refractivity contribution is 5.80. The number of unbranched alkanes of at least 4 members (excludes halogenated alkanes) is 3. The molecule has 0 amide bonds. The molecule has 0 spiro atoms. The minimum Gasteiger partial charge on any atom is -0.249 e. The molecule has 0 saturated heterocycles. The normalized spacial score (nSPS) is 11.2. The van der Waals surface area contributed by atoms with Crippen molar-refractivity contribution < 1.29 is 0 Å². The number of benzene rings is 2. The Morgan fingerprint density at radius 1 is 0.875 bits per heavy atom. The minimum absolute atomic E-state index is 0.671. The molecular weight excluding hydrogens is 398 g/mol. The lowest BCUT2D eigenvalue weighted by Gasteiger charge is -2.09. The molecule has 0 saturated carbocycles. The Bertz CT molecular complexity index is 1100. The average molecular weight is 430 g/mol. The Morgan fingerprint density at radius 3 is 2.38 bits per heavy atom. The fourth-order valence-corrected chi connectivity index (χ4v) is 3.88. The molecular formula is C25H31N7. The van der Waals surface area contributed by atoms with Crippen molar-refractivity contribution in [1.82, 2.24) is 35.4 Å². The molecule has 0 radical (unpaired) electrons. The van der Waals surface area contributed by atoms with Crippen molar-refractivity contribution >= 4 is 0 Å². The average Bonchev–Trinajstić information content (AvgIpc) is 3.49. The SMILES string of the molecule is CCCCCc1nc(Cc2ccc(-c3ccccc3-c3nnn[nH]3)cc2)n(CCCC)n1. The topological polar surface area (TPSA) is 85.2 Å². The Hall–Kier alpha value is -3.35. The monoisotopic (exact) mass is 429 g/mol. The van der Waals surface area contributed by atoms with Gasteiger partial charge >= 0.3 is 0 Å². The third-order valence-corrected chi connectivity index (χ3v) is 5.67. The van der Waals surface area contributed by atoms with Crippen molar-refractivity contribution in [3.8, 4) is 22.5 Å². The van der Waals surface area contributed by atoms with Crippen molar-refractivity contribution in [2.75, 3.05) is 0 Å². The fourth-order valence-electron chi connectivity index (χ4n) is 3.88. The third-order valence-electron chi connectivity index (χ3n) is 5.67. The van der Waals surface area contributed by atoms with Crippen LogP contribution in [0.5, 0.6) is 0 Å². The third kappa shape index (κ3) is 5.28. The summed E-state index contributed by atoms with van der Waals surface area (Å²) in [6.45, 7) is 5.37. The molecule has 166 valence electrons. The molecule has 4 aromatic rings. The molecule has 1 N–H and O–H groups in total. The largest absolute Gasteiger partial charge is 0.249 e. The maximum atomic E-state index is 4.88. The summed E-state index contributed by atoms with van der Waals surface area (Å²) in [5.41, 5.74) is 4.45. The highest BCUT2D eigenvalue weighted by Crippen LogP contribution is 2.30. The van der Waals surface area contributed by atoms with Gasteiger partial charge in [0.25, 0.3) is 0 Å². The number of nitrogens with zero attached hydrogens (tertiary/aromatic N) is 6. The van der Waals surface area contributed by atoms with E-state index in [2.05, 4.69) is 69.5 Å². The van der Waals surface area contributed by atoms with Crippen molar-refractivity contribution in [1.29, 1.82) is 0 Å². The molecule has 0 unspecified atom stereocenters. The Balaban J connectivity index is 1.53. The van der Waals surface area contributed by atoms with Gasteiger partial charge in [-0.25, -0.2) is 14.8 Å². The van der Waals surface area contributed by atoms with Crippen LogP contribution in [0.2, 0.25) is 0 Å². The van der Waals surface area contributed by atoms with Crippen LogP contribution in [-0.2, 0) is 19.4 Å². The van der Waals surface area contributed by atoms with E-state index in [0.717, 1.165) is 67.0 Å². The molecule has 2 aromatic carbocycles. The predicted octanol–water partition coefficient (Wildman–Crippen LogP) is 5.25. The molecule has 0 aliphatic carbocycles. The van der Waals surface area contributed by atoms with E-state index in [9.17, 15) is 0 Å². The quantitative estimate of drug-likeness (QED) is 0.329. The van der Waals surface area contributed by atoms with E-state index in [1.165, 1.54) is 18.4 Å². The van der Waals surface area contributed by atoms with Crippen molar-refractivity contribution in [2.45, 2.75) is 65.3 Å². The second-order valence-corrected chi connectivity index (χ2v) is 8.15. The lowest BCUT2D eigenvalue weighted by atomic mass is 9.98. The van der Waals surface area contributed by atoms with Gasteiger partial charge in [-0.3, -0.25) is 0 Å². The molecule has 7 nitrogen and oxygen atoms in total. The van der Waals surface area contributed by atoms with Gasteiger partial charge in [0.05, 0.1) is 0 Å². The maximum Gasteiger partial charge on any atom is 0.180 e. The van der Waals surface area contributed by atoms with Crippen LogP contribution >= 0.6 is 0 Å². The summed E-state index contributed by atoms with van der Waals surface area (Å²) < 4.78 is 2.12. The summed E-state index contributed by atoms with van der Waals surface area (Å²) in [4.78, 5) is 4.88. The lowest BCUT2D eigenvalue weighted by molar-refractivity contribution is 0.544. The highest BCUT2D eigenvalue weighted by Gasteiger charge is 2.12. The Labute approximate surface area is 189 Å². The maximum absolute atomic E-state index is 4.88. The molecule has 0 aliphatic rings. The number of rotatable bonds is 11. The summed E-state index contributed by atoms with van der Waals surface area (Å²) in [6, 6.07) is 16.8. The molecule has 2 aromatic heterocycles. The highest BCUT2D eigenvalue weighted by atomic mass is 15.5. The van der Waals surface area contributed by atoms with E-state index in [4.69, 9.17) is 10.1 Å². The van der Waals surface area contributed by atoms with Gasteiger partial charge in [-0.05, 0) is 40.0 Å². The Morgan fingerprint density at radius 2 is 1.66 bits per heavy atom. The molecule has 4 rings (SSSR count). The van der Waals surface area contributed by atoms with Crippen LogP contribution in [-0.4, -0.2) is 35.4 Å². The molecule has 0 fully saturated rings. The van der Waals surface area contributed by atoms with Crippen LogP contribution in [0.1, 0.15) is 63.2 Å². The number of aromatic nitrogens is 7. The number of aryl methyl sites for hydroxylation is 2. The number of nitrogens with one attached hydrogen (secondary N) is 1. The van der Waals surface area contributed by atoms with Gasteiger partial charge in [0, 0.05) is 24.9 Å². The first-order valence-corrected chi connectivity index (χ1v) is 11.6. The summed E-state index contributed by atoms with van der Waals surface area (Å²) >= 11 is 0. The van der Waals surface area contributed by atoms with Gasteiger partial charge in [0.1, 0.15) is 5.82 Å². The predicted molar refractivity (Wildman–Crippen MR) is 126 cm³/mol. The molecule has 0 bridgehead atoms. The lowest BCUT2D eigenvalue weighted by Crippen LogP contribution is -2.06. The Kier molecular flexibility index (Phi) is 7.38. The number of hydrogen-bond donors (Lipinski definition) is 1. The first kappa shape index (κ1) is 21.9. The first-order chi connectivity index (χ1) is 15.8. The van der Waals surface area contributed by atoms with E-state index in [1.54, 1.807) is 0 Å². The van der Waals surface area contributed by atoms with E-state index in [1.807, 2.05) is 18.2 Å². The second kappa shape index (κ2) is 10.8. The van der Waals surface area contributed by atoms with Gasteiger partial charge in [0.15, 0.2) is 11.6 Å². The van der Waals surface area contributed by atoms with Crippen LogP contribution in [0.3, 0.4) is 0 Å². The number of aromatic amines is 1. The zero-order valence-electron chi connectivity index (χ0n) is 19.0. The van der Waals surface area contributed by atoms with E-state index < -0.39 is 0 Å². The zero-order valence-corrected chi connectivity index (χ0v) is 19.0. The molecule has 32 heavy (non-hydrogen) atoms. The van der Waals surface area contributed by atoms with Crippen LogP contribution in [0, 0.1) is 0 Å². The smallest absolute Gasteiger partial charge is 0.180 e. The molecule has 7 heteroatoms. The van der Waals surface area contributed by atoms with Gasteiger partial charge in [0.2, 0.25) is 0 Å². The van der Waals surface area contributed by atoms with Gasteiger partial charge in [-0.2, -0.15) is 5.10 Å². The van der Waals surface area contributed by atoms with Crippen molar-refractivity contribution in [3.05, 3.63) is 65.7 Å². The van der Waals surface area contributed by atoms with E-state index in [0.29, 0.717) is 5.82 Å². The van der Waals surface area contributed by atoms with Crippen LogP contribution in [0.15, 0.2) is 48.5 Å².